The second-order valence-electron chi connectivity index (χ2n) is 6.88. The van der Waals surface area contributed by atoms with E-state index in [1.165, 1.54) is 0 Å². The Kier molecular flexibility index (Phi) is 7.21. The molecular weight excluding hydrogens is 401 g/mol. The highest BCUT2D eigenvalue weighted by Crippen LogP contribution is 2.41. The molecule has 2 rings (SSSR count). The highest BCUT2D eigenvalue weighted by Gasteiger charge is 2.62. The lowest BCUT2D eigenvalue weighted by atomic mass is 9.99. The number of carbonyl (C=O) groups excluding carboxylic acids is 1. The van der Waals surface area contributed by atoms with E-state index in [1.54, 1.807) is 24.3 Å². The van der Waals surface area contributed by atoms with E-state index in [0.717, 1.165) is 17.3 Å². The molecule has 1 aromatic rings. The molecule has 0 aromatic heterocycles. The lowest BCUT2D eigenvalue weighted by Crippen LogP contribution is -2.57. The highest BCUT2D eigenvalue weighted by atomic mass is 35.5. The number of halogens is 4. The van der Waals surface area contributed by atoms with Gasteiger partial charge in [-0.1, -0.05) is 43.6 Å². The van der Waals surface area contributed by atoms with Crippen LogP contribution in [0.5, 0.6) is 0 Å². The third-order valence-electron chi connectivity index (χ3n) is 4.18. The Morgan fingerprint density at radius 3 is 2.67 bits per heavy atom. The smallest absolute Gasteiger partial charge is 0.362 e. The number of hydrogen-bond donors (Lipinski definition) is 1. The number of alkyl halides is 3. The standard InChI is InChI=1S/C18H22ClF3N2O2S/c1-12(2)7-8-14-9-17(26,18(20,21)22)24(23-14)16(25)11-27-10-13-5-3-4-6-15(13)19/h3-6,12,26H,7-11H2,1-2H3/t17-/m0/s1. The Morgan fingerprint density at radius 1 is 1.41 bits per heavy atom. The van der Waals surface area contributed by atoms with Crippen molar-refractivity contribution in [3.05, 3.63) is 34.9 Å². The van der Waals surface area contributed by atoms with Gasteiger partial charge in [-0.3, -0.25) is 4.79 Å². The van der Waals surface area contributed by atoms with Crippen LogP contribution in [0.2, 0.25) is 5.02 Å². The Hall–Kier alpha value is -1.25. The van der Waals surface area contributed by atoms with Gasteiger partial charge >= 0.3 is 6.18 Å². The van der Waals surface area contributed by atoms with Crippen molar-refractivity contribution in [2.75, 3.05) is 5.75 Å². The van der Waals surface area contributed by atoms with Crippen molar-refractivity contribution in [3.63, 3.8) is 0 Å². The van der Waals surface area contributed by atoms with Gasteiger partial charge in [-0.2, -0.15) is 23.3 Å². The molecule has 0 saturated heterocycles. The summed E-state index contributed by atoms with van der Waals surface area (Å²) in [6.07, 6.45) is -4.74. The third-order valence-corrected chi connectivity index (χ3v) is 5.52. The van der Waals surface area contributed by atoms with Gasteiger partial charge in [0.05, 0.1) is 5.75 Å². The molecule has 27 heavy (non-hydrogen) atoms. The molecule has 0 unspecified atom stereocenters. The average molecular weight is 423 g/mol. The number of hydrazone groups is 1. The summed E-state index contributed by atoms with van der Waals surface area (Å²) < 4.78 is 40.3. The van der Waals surface area contributed by atoms with Crippen LogP contribution < -0.4 is 0 Å². The molecule has 1 heterocycles. The number of thioether (sulfide) groups is 1. The number of nitrogens with zero attached hydrogens (tertiary/aromatic N) is 2. The Morgan fingerprint density at radius 2 is 2.07 bits per heavy atom. The van der Waals surface area contributed by atoms with Crippen LogP contribution in [0.3, 0.4) is 0 Å². The number of hydrogen-bond acceptors (Lipinski definition) is 4. The first-order valence-electron chi connectivity index (χ1n) is 8.54. The summed E-state index contributed by atoms with van der Waals surface area (Å²) in [4.78, 5) is 12.4. The molecule has 1 amide bonds. The van der Waals surface area contributed by atoms with E-state index in [0.29, 0.717) is 23.6 Å². The number of rotatable bonds is 7. The zero-order valence-corrected chi connectivity index (χ0v) is 16.7. The fraction of sp³-hybridized carbons (Fsp3) is 0.556. The summed E-state index contributed by atoms with van der Waals surface area (Å²) in [6.45, 7) is 3.89. The topological polar surface area (TPSA) is 52.9 Å². The summed E-state index contributed by atoms with van der Waals surface area (Å²) in [5.74, 6) is -0.480. The monoisotopic (exact) mass is 422 g/mol. The molecule has 1 atom stereocenters. The predicted molar refractivity (Wildman–Crippen MR) is 102 cm³/mol. The largest absolute Gasteiger partial charge is 0.438 e. The second-order valence-corrected chi connectivity index (χ2v) is 8.27. The van der Waals surface area contributed by atoms with Crippen LogP contribution in [-0.2, 0) is 10.5 Å². The Labute approximate surface area is 165 Å². The van der Waals surface area contributed by atoms with Gasteiger partial charge in [0.2, 0.25) is 0 Å². The van der Waals surface area contributed by atoms with Gasteiger partial charge in [0.25, 0.3) is 11.6 Å². The maximum atomic E-state index is 13.4. The first-order chi connectivity index (χ1) is 12.5. The molecule has 1 aliphatic heterocycles. The molecule has 1 aliphatic rings. The van der Waals surface area contributed by atoms with E-state index in [-0.39, 0.29) is 22.4 Å². The van der Waals surface area contributed by atoms with Crippen LogP contribution in [0.1, 0.15) is 38.7 Å². The second kappa shape index (κ2) is 8.84. The first kappa shape index (κ1) is 22.0. The van der Waals surface area contributed by atoms with Crippen LogP contribution in [0, 0.1) is 5.92 Å². The molecule has 0 saturated carbocycles. The molecule has 0 radical (unpaired) electrons. The highest BCUT2D eigenvalue weighted by molar-refractivity contribution is 7.99. The Balaban J connectivity index is 2.06. The maximum absolute atomic E-state index is 13.4. The van der Waals surface area contributed by atoms with Crippen molar-refractivity contribution in [3.8, 4) is 0 Å². The molecule has 0 spiro atoms. The van der Waals surface area contributed by atoms with Crippen LogP contribution in [0.4, 0.5) is 13.2 Å². The lowest BCUT2D eigenvalue weighted by molar-refractivity contribution is -0.301. The predicted octanol–water partition coefficient (Wildman–Crippen LogP) is 4.85. The van der Waals surface area contributed by atoms with Crippen molar-refractivity contribution in [1.29, 1.82) is 0 Å². The molecule has 0 bridgehead atoms. The zero-order valence-electron chi connectivity index (χ0n) is 15.1. The third kappa shape index (κ3) is 5.39. The number of carbonyl (C=O) groups is 1. The number of benzene rings is 1. The normalized spacial score (nSPS) is 20.3. The van der Waals surface area contributed by atoms with Crippen molar-refractivity contribution in [2.24, 2.45) is 11.0 Å². The summed E-state index contributed by atoms with van der Waals surface area (Å²) >= 11 is 7.15. The van der Waals surface area contributed by atoms with Gasteiger partial charge in [0.15, 0.2) is 0 Å². The van der Waals surface area contributed by atoms with Crippen LogP contribution >= 0.6 is 23.4 Å². The van der Waals surface area contributed by atoms with E-state index >= 15 is 0 Å². The maximum Gasteiger partial charge on any atom is 0.438 e. The van der Waals surface area contributed by atoms with E-state index in [2.05, 4.69) is 5.10 Å². The van der Waals surface area contributed by atoms with Crippen molar-refractivity contribution >= 4 is 35.0 Å². The summed E-state index contributed by atoms with van der Waals surface area (Å²) in [5.41, 5.74) is -2.31. The molecule has 1 aromatic carbocycles. The minimum Gasteiger partial charge on any atom is -0.362 e. The molecule has 0 aliphatic carbocycles. The summed E-state index contributed by atoms with van der Waals surface area (Å²) in [6, 6.07) is 7.04. The Bertz CT molecular complexity index is 712. The number of aliphatic hydroxyl groups is 1. The van der Waals surface area contributed by atoms with Gasteiger partial charge in [-0.05, 0) is 30.4 Å². The van der Waals surface area contributed by atoms with E-state index < -0.39 is 24.2 Å². The molecule has 0 fully saturated rings. The van der Waals surface area contributed by atoms with Gasteiger partial charge in [-0.25, -0.2) is 0 Å². The van der Waals surface area contributed by atoms with Crippen LogP contribution in [0.25, 0.3) is 0 Å². The van der Waals surface area contributed by atoms with Crippen LogP contribution in [0.15, 0.2) is 29.4 Å². The zero-order chi connectivity index (χ0) is 20.2. The van der Waals surface area contributed by atoms with Gasteiger partial charge in [0, 0.05) is 22.9 Å². The van der Waals surface area contributed by atoms with E-state index in [4.69, 9.17) is 11.6 Å². The van der Waals surface area contributed by atoms with E-state index in [9.17, 15) is 23.1 Å². The molecular formula is C18H22ClF3N2O2S. The summed E-state index contributed by atoms with van der Waals surface area (Å²) in [7, 11) is 0. The van der Waals surface area contributed by atoms with Gasteiger partial charge in [0.1, 0.15) is 0 Å². The van der Waals surface area contributed by atoms with E-state index in [1.807, 2.05) is 13.8 Å². The fourth-order valence-corrected chi connectivity index (χ4v) is 3.77. The quantitative estimate of drug-likeness (QED) is 0.683. The van der Waals surface area contributed by atoms with Gasteiger partial charge in [-0.15, -0.1) is 11.8 Å². The molecule has 4 nitrogen and oxygen atoms in total. The lowest BCUT2D eigenvalue weighted by Gasteiger charge is -2.32. The van der Waals surface area contributed by atoms with Crippen molar-refractivity contribution < 1.29 is 23.1 Å². The van der Waals surface area contributed by atoms with Crippen LogP contribution in [-0.4, -0.2) is 39.4 Å². The molecule has 9 heteroatoms. The summed E-state index contributed by atoms with van der Waals surface area (Å²) in [5, 5.41) is 14.7. The van der Waals surface area contributed by atoms with Crippen molar-refractivity contribution in [2.45, 2.75) is 50.8 Å². The minimum absolute atomic E-state index is 0.188. The number of amides is 1. The average Bonchev–Trinajstić information content (AvgIpc) is 2.93. The minimum atomic E-state index is -4.99. The van der Waals surface area contributed by atoms with Crippen molar-refractivity contribution in [1.82, 2.24) is 5.01 Å². The molecule has 1 N–H and O–H groups in total. The fourth-order valence-electron chi connectivity index (χ4n) is 2.62. The SMILES string of the molecule is CC(C)CCC1=NN(C(=O)CSCc2ccccc2Cl)[C@@](O)(C(F)(F)F)C1. The first-order valence-corrected chi connectivity index (χ1v) is 10.1. The van der Waals surface area contributed by atoms with Gasteiger partial charge < -0.3 is 5.11 Å². The molecule has 150 valence electrons.